The Bertz CT molecular complexity index is 720. The van der Waals surface area contributed by atoms with Crippen LogP contribution in [0.25, 0.3) is 0 Å². The first-order chi connectivity index (χ1) is 11.2. The van der Waals surface area contributed by atoms with E-state index >= 15 is 0 Å². The van der Waals surface area contributed by atoms with Crippen molar-refractivity contribution in [1.82, 2.24) is 9.44 Å². The van der Waals surface area contributed by atoms with Gasteiger partial charge in [0.2, 0.25) is 0 Å². The molecule has 12 heteroatoms. The van der Waals surface area contributed by atoms with Gasteiger partial charge in [-0.3, -0.25) is 4.18 Å². The van der Waals surface area contributed by atoms with E-state index in [9.17, 15) is 16.8 Å². The SMILES string of the molecule is CNS(=O)(=O)OC[C@H](COc1ccccc1OC)OS(=O)(=O)NC. The molecule has 1 rings (SSSR count). The van der Waals surface area contributed by atoms with Crippen LogP contribution in [0.3, 0.4) is 0 Å². The molecule has 1 atom stereocenters. The molecule has 2 N–H and O–H groups in total. The summed E-state index contributed by atoms with van der Waals surface area (Å²) >= 11 is 0. The molecule has 0 aromatic heterocycles. The fourth-order valence-corrected chi connectivity index (χ4v) is 2.49. The number of methoxy groups -OCH3 is 1. The second kappa shape index (κ2) is 9.15. The number of hydrogen-bond acceptors (Lipinski definition) is 8. The highest BCUT2D eigenvalue weighted by molar-refractivity contribution is 7.85. The molecule has 1 aromatic carbocycles. The minimum Gasteiger partial charge on any atom is -0.493 e. The minimum absolute atomic E-state index is 0.291. The van der Waals surface area contributed by atoms with E-state index in [1.807, 2.05) is 9.44 Å². The van der Waals surface area contributed by atoms with Gasteiger partial charge in [0.25, 0.3) is 0 Å². The van der Waals surface area contributed by atoms with Crippen molar-refractivity contribution in [2.45, 2.75) is 6.10 Å². The van der Waals surface area contributed by atoms with Crippen LogP contribution in [-0.2, 0) is 29.0 Å². The molecule has 0 saturated carbocycles. The van der Waals surface area contributed by atoms with Gasteiger partial charge in [-0.05, 0) is 12.1 Å². The van der Waals surface area contributed by atoms with E-state index in [0.29, 0.717) is 11.5 Å². The van der Waals surface area contributed by atoms with Gasteiger partial charge in [0.1, 0.15) is 12.7 Å². The summed E-state index contributed by atoms with van der Waals surface area (Å²) in [7, 11) is -4.31. The van der Waals surface area contributed by atoms with Crippen LogP contribution in [0.5, 0.6) is 11.5 Å². The zero-order chi connectivity index (χ0) is 18.2. The summed E-state index contributed by atoms with van der Waals surface area (Å²) in [5.41, 5.74) is 0. The molecule has 0 heterocycles. The molecule has 0 aliphatic carbocycles. The lowest BCUT2D eigenvalue weighted by molar-refractivity contribution is 0.0855. The average Bonchev–Trinajstić information content (AvgIpc) is 2.57. The largest absolute Gasteiger partial charge is 0.493 e. The van der Waals surface area contributed by atoms with Gasteiger partial charge >= 0.3 is 20.6 Å². The molecule has 0 aliphatic rings. The highest BCUT2D eigenvalue weighted by atomic mass is 32.2. The molecule has 0 aliphatic heterocycles. The summed E-state index contributed by atoms with van der Waals surface area (Å²) in [4.78, 5) is 0. The van der Waals surface area contributed by atoms with E-state index in [1.54, 1.807) is 24.3 Å². The van der Waals surface area contributed by atoms with E-state index in [4.69, 9.17) is 13.7 Å². The van der Waals surface area contributed by atoms with Crippen molar-refractivity contribution in [3.05, 3.63) is 24.3 Å². The van der Waals surface area contributed by atoms with Gasteiger partial charge in [0.05, 0.1) is 13.7 Å². The summed E-state index contributed by atoms with van der Waals surface area (Å²) in [6.45, 7) is -0.861. The van der Waals surface area contributed by atoms with Crippen molar-refractivity contribution in [3.8, 4) is 11.5 Å². The van der Waals surface area contributed by atoms with Crippen molar-refractivity contribution in [1.29, 1.82) is 0 Å². The molecule has 1 aromatic rings. The summed E-state index contributed by atoms with van der Waals surface area (Å²) < 4.78 is 69.4. The minimum atomic E-state index is -4.07. The first kappa shape index (κ1) is 20.6. The fraction of sp³-hybridized carbons (Fsp3) is 0.500. The first-order valence-corrected chi connectivity index (χ1v) is 9.50. The van der Waals surface area contributed by atoms with Gasteiger partial charge in [-0.25, -0.2) is 4.18 Å². The Labute approximate surface area is 141 Å². The van der Waals surface area contributed by atoms with E-state index in [2.05, 4.69) is 4.18 Å². The molecule has 0 spiro atoms. The maximum Gasteiger partial charge on any atom is 0.336 e. The predicted molar refractivity (Wildman–Crippen MR) is 85.3 cm³/mol. The van der Waals surface area contributed by atoms with Crippen molar-refractivity contribution < 1.29 is 34.7 Å². The predicted octanol–water partition coefficient (Wildman–Crippen LogP) is -0.596. The Morgan fingerprint density at radius 2 is 1.54 bits per heavy atom. The zero-order valence-corrected chi connectivity index (χ0v) is 15.0. The molecule has 0 radical (unpaired) electrons. The summed E-state index contributed by atoms with van der Waals surface area (Å²) in [6, 6.07) is 6.68. The van der Waals surface area contributed by atoms with Crippen molar-refractivity contribution >= 4 is 20.6 Å². The monoisotopic (exact) mass is 384 g/mol. The summed E-state index contributed by atoms with van der Waals surface area (Å²) in [5, 5.41) is 0. The van der Waals surface area contributed by atoms with Crippen LogP contribution in [0.1, 0.15) is 0 Å². The van der Waals surface area contributed by atoms with Gasteiger partial charge in [-0.1, -0.05) is 12.1 Å². The standard InChI is InChI=1S/C12H20N2O8S2/c1-13-23(15,16)21-9-10(22-24(17,18)14-2)8-20-12-7-5-4-6-11(12)19-3/h4-7,10,13-14H,8-9H2,1-3H3/t10-/m0/s1. The lowest BCUT2D eigenvalue weighted by Crippen LogP contribution is -2.36. The Morgan fingerprint density at radius 3 is 2.08 bits per heavy atom. The maximum atomic E-state index is 11.5. The molecule has 24 heavy (non-hydrogen) atoms. The van der Waals surface area contributed by atoms with Crippen molar-refractivity contribution in [2.24, 2.45) is 0 Å². The molecule has 138 valence electrons. The third kappa shape index (κ3) is 6.98. The molecular formula is C12H20N2O8S2. The Hall–Kier alpha value is -1.44. The van der Waals surface area contributed by atoms with Crippen molar-refractivity contribution in [2.75, 3.05) is 34.4 Å². The van der Waals surface area contributed by atoms with Gasteiger partial charge in [0, 0.05) is 14.1 Å². The summed E-state index contributed by atoms with van der Waals surface area (Å²) in [5.74, 6) is 0.767. The van der Waals surface area contributed by atoms with Gasteiger partial charge in [-0.2, -0.15) is 26.3 Å². The molecule has 0 unspecified atom stereocenters. The molecule has 0 saturated heterocycles. The Balaban J connectivity index is 2.81. The second-order valence-electron chi connectivity index (χ2n) is 4.28. The lowest BCUT2D eigenvalue weighted by atomic mass is 10.3. The third-order valence-electron chi connectivity index (χ3n) is 2.67. The van der Waals surface area contributed by atoms with Crippen LogP contribution in [-0.4, -0.2) is 57.4 Å². The Kier molecular flexibility index (Phi) is 7.86. The van der Waals surface area contributed by atoms with E-state index in [1.165, 1.54) is 7.11 Å². The van der Waals surface area contributed by atoms with Gasteiger partial charge in [-0.15, -0.1) is 0 Å². The second-order valence-corrected chi connectivity index (χ2v) is 7.34. The number of benzene rings is 1. The highest BCUT2D eigenvalue weighted by Gasteiger charge is 2.22. The molecule has 10 nitrogen and oxygen atoms in total. The number of hydrogen-bond donors (Lipinski definition) is 2. The molecular weight excluding hydrogens is 364 g/mol. The molecule has 0 fully saturated rings. The van der Waals surface area contributed by atoms with Crippen LogP contribution in [0.2, 0.25) is 0 Å². The molecule has 0 amide bonds. The lowest BCUT2D eigenvalue weighted by Gasteiger charge is -2.18. The van der Waals surface area contributed by atoms with E-state index < -0.39 is 33.3 Å². The van der Waals surface area contributed by atoms with Crippen LogP contribution < -0.4 is 18.9 Å². The third-order valence-corrected chi connectivity index (χ3v) is 4.64. The van der Waals surface area contributed by atoms with Gasteiger partial charge in [0.15, 0.2) is 11.5 Å². The normalized spacial score (nSPS) is 13.5. The molecule has 0 bridgehead atoms. The van der Waals surface area contributed by atoms with Gasteiger partial charge < -0.3 is 9.47 Å². The van der Waals surface area contributed by atoms with Crippen molar-refractivity contribution in [3.63, 3.8) is 0 Å². The average molecular weight is 384 g/mol. The van der Waals surface area contributed by atoms with Crippen LogP contribution in [0, 0.1) is 0 Å². The van der Waals surface area contributed by atoms with Crippen LogP contribution in [0.4, 0.5) is 0 Å². The smallest absolute Gasteiger partial charge is 0.336 e. The van der Waals surface area contributed by atoms with E-state index in [-0.39, 0.29) is 6.61 Å². The number of para-hydroxylation sites is 2. The topological polar surface area (TPSA) is 129 Å². The number of rotatable bonds is 11. The number of ether oxygens (including phenoxy) is 2. The fourth-order valence-electron chi connectivity index (χ4n) is 1.48. The van der Waals surface area contributed by atoms with Crippen LogP contribution >= 0.6 is 0 Å². The Morgan fingerprint density at radius 1 is 0.958 bits per heavy atom. The van der Waals surface area contributed by atoms with Crippen LogP contribution in [0.15, 0.2) is 24.3 Å². The summed E-state index contributed by atoms with van der Waals surface area (Å²) in [6.07, 6.45) is -1.21. The number of nitrogens with one attached hydrogen (secondary N) is 2. The highest BCUT2D eigenvalue weighted by Crippen LogP contribution is 2.26. The zero-order valence-electron chi connectivity index (χ0n) is 13.4. The quantitative estimate of drug-likeness (QED) is 0.518. The maximum absolute atomic E-state index is 11.5. The van der Waals surface area contributed by atoms with E-state index in [0.717, 1.165) is 14.1 Å². The first-order valence-electron chi connectivity index (χ1n) is 6.68.